The van der Waals surface area contributed by atoms with Gasteiger partial charge >= 0.3 is 0 Å². The first-order valence-corrected chi connectivity index (χ1v) is 7.03. The van der Waals surface area contributed by atoms with Crippen molar-refractivity contribution in [1.29, 1.82) is 0 Å². The maximum atomic E-state index is 13.0. The average molecular weight is 249 g/mol. The standard InChI is InChI=1S/C16H24FN/c1-11-6-12(2)8-16(7-11)18-10-14-4-5-15(17)9-13(14)3/h4-5,9,11-12,16,18H,6-8,10H2,1-3H3. The molecule has 0 aliphatic heterocycles. The van der Waals surface area contributed by atoms with Crippen LogP contribution in [0.5, 0.6) is 0 Å². The second kappa shape index (κ2) is 5.83. The fraction of sp³-hybridized carbons (Fsp3) is 0.625. The van der Waals surface area contributed by atoms with Gasteiger partial charge in [-0.1, -0.05) is 19.9 Å². The van der Waals surface area contributed by atoms with E-state index >= 15 is 0 Å². The van der Waals surface area contributed by atoms with Crippen LogP contribution in [0.3, 0.4) is 0 Å². The van der Waals surface area contributed by atoms with Gasteiger partial charge in [-0.25, -0.2) is 4.39 Å². The van der Waals surface area contributed by atoms with Crippen molar-refractivity contribution in [3.05, 3.63) is 35.1 Å². The van der Waals surface area contributed by atoms with Gasteiger partial charge in [-0.3, -0.25) is 0 Å². The Morgan fingerprint density at radius 1 is 1.17 bits per heavy atom. The molecule has 1 aliphatic carbocycles. The van der Waals surface area contributed by atoms with Crippen molar-refractivity contribution in [3.63, 3.8) is 0 Å². The minimum absolute atomic E-state index is 0.142. The van der Waals surface area contributed by atoms with Crippen LogP contribution in [0.25, 0.3) is 0 Å². The van der Waals surface area contributed by atoms with Gasteiger partial charge in [-0.05, 0) is 61.3 Å². The number of nitrogens with one attached hydrogen (secondary N) is 1. The number of aryl methyl sites for hydroxylation is 1. The molecular weight excluding hydrogens is 225 g/mol. The Morgan fingerprint density at radius 2 is 1.83 bits per heavy atom. The summed E-state index contributed by atoms with van der Waals surface area (Å²) in [5.41, 5.74) is 2.25. The van der Waals surface area contributed by atoms with Crippen LogP contribution in [0.4, 0.5) is 4.39 Å². The van der Waals surface area contributed by atoms with E-state index < -0.39 is 0 Å². The number of rotatable bonds is 3. The Kier molecular flexibility index (Phi) is 4.39. The summed E-state index contributed by atoms with van der Waals surface area (Å²) in [5.74, 6) is 1.50. The maximum absolute atomic E-state index is 13.0. The van der Waals surface area contributed by atoms with Gasteiger partial charge in [0.2, 0.25) is 0 Å². The van der Waals surface area contributed by atoms with Crippen molar-refractivity contribution < 1.29 is 4.39 Å². The molecule has 0 saturated heterocycles. The van der Waals surface area contributed by atoms with E-state index in [9.17, 15) is 4.39 Å². The van der Waals surface area contributed by atoms with Crippen LogP contribution in [-0.2, 0) is 6.54 Å². The van der Waals surface area contributed by atoms with Gasteiger partial charge in [0.25, 0.3) is 0 Å². The summed E-state index contributed by atoms with van der Waals surface area (Å²) in [6, 6.07) is 5.68. The molecule has 2 rings (SSSR count). The SMILES string of the molecule is Cc1cc(F)ccc1CNC1CC(C)CC(C)C1. The lowest BCUT2D eigenvalue weighted by atomic mass is 9.80. The fourth-order valence-corrected chi connectivity index (χ4v) is 3.23. The summed E-state index contributed by atoms with van der Waals surface area (Å²) in [6.45, 7) is 7.52. The first kappa shape index (κ1) is 13.5. The molecule has 0 bridgehead atoms. The van der Waals surface area contributed by atoms with Gasteiger partial charge in [-0.2, -0.15) is 0 Å². The van der Waals surface area contributed by atoms with Crippen molar-refractivity contribution in [2.75, 3.05) is 0 Å². The highest BCUT2D eigenvalue weighted by molar-refractivity contribution is 5.26. The summed E-state index contributed by atoms with van der Waals surface area (Å²) in [7, 11) is 0. The Labute approximate surface area is 110 Å². The Bertz CT molecular complexity index is 392. The van der Waals surface area contributed by atoms with Crippen LogP contribution in [0.15, 0.2) is 18.2 Å². The van der Waals surface area contributed by atoms with E-state index in [1.165, 1.54) is 24.8 Å². The largest absolute Gasteiger partial charge is 0.310 e. The van der Waals surface area contributed by atoms with E-state index in [0.717, 1.165) is 23.9 Å². The van der Waals surface area contributed by atoms with Crippen LogP contribution < -0.4 is 5.32 Å². The van der Waals surface area contributed by atoms with E-state index in [1.54, 1.807) is 12.1 Å². The lowest BCUT2D eigenvalue weighted by Gasteiger charge is -2.32. The average Bonchev–Trinajstić information content (AvgIpc) is 2.26. The summed E-state index contributed by atoms with van der Waals surface area (Å²) in [5, 5.41) is 3.64. The van der Waals surface area contributed by atoms with Crippen molar-refractivity contribution in [1.82, 2.24) is 5.32 Å². The van der Waals surface area contributed by atoms with Crippen molar-refractivity contribution in [3.8, 4) is 0 Å². The van der Waals surface area contributed by atoms with Crippen LogP contribution in [0, 0.1) is 24.6 Å². The van der Waals surface area contributed by atoms with E-state index in [0.29, 0.717) is 6.04 Å². The molecule has 100 valence electrons. The Balaban J connectivity index is 1.91. The molecule has 0 heterocycles. The molecule has 1 aliphatic rings. The van der Waals surface area contributed by atoms with Gasteiger partial charge in [-0.15, -0.1) is 0 Å². The third-order valence-corrected chi connectivity index (χ3v) is 4.06. The molecule has 1 fully saturated rings. The molecule has 0 amide bonds. The maximum Gasteiger partial charge on any atom is 0.123 e. The van der Waals surface area contributed by atoms with Gasteiger partial charge in [0.05, 0.1) is 0 Å². The Hall–Kier alpha value is -0.890. The zero-order valence-electron chi connectivity index (χ0n) is 11.7. The molecular formula is C16H24FN. The molecule has 0 radical (unpaired) electrons. The molecule has 0 aromatic heterocycles. The monoisotopic (exact) mass is 249 g/mol. The fourth-order valence-electron chi connectivity index (χ4n) is 3.23. The van der Waals surface area contributed by atoms with Crippen LogP contribution in [-0.4, -0.2) is 6.04 Å². The number of benzene rings is 1. The minimum atomic E-state index is -0.142. The highest BCUT2D eigenvalue weighted by atomic mass is 19.1. The lowest BCUT2D eigenvalue weighted by molar-refractivity contribution is 0.238. The predicted molar refractivity (Wildman–Crippen MR) is 73.9 cm³/mol. The van der Waals surface area contributed by atoms with Gasteiger partial charge in [0, 0.05) is 12.6 Å². The first-order chi connectivity index (χ1) is 8.54. The van der Waals surface area contributed by atoms with E-state index in [2.05, 4.69) is 19.2 Å². The topological polar surface area (TPSA) is 12.0 Å². The molecule has 0 spiro atoms. The van der Waals surface area contributed by atoms with Crippen LogP contribution in [0.1, 0.15) is 44.2 Å². The highest BCUT2D eigenvalue weighted by Gasteiger charge is 2.23. The minimum Gasteiger partial charge on any atom is -0.310 e. The number of hydrogen-bond acceptors (Lipinski definition) is 1. The third-order valence-electron chi connectivity index (χ3n) is 4.06. The molecule has 1 aromatic carbocycles. The zero-order valence-corrected chi connectivity index (χ0v) is 11.7. The lowest BCUT2D eigenvalue weighted by Crippen LogP contribution is -2.36. The van der Waals surface area contributed by atoms with Crippen molar-refractivity contribution >= 4 is 0 Å². The Morgan fingerprint density at radius 3 is 2.44 bits per heavy atom. The van der Waals surface area contributed by atoms with E-state index in [4.69, 9.17) is 0 Å². The first-order valence-electron chi connectivity index (χ1n) is 7.03. The smallest absolute Gasteiger partial charge is 0.123 e. The molecule has 1 N–H and O–H groups in total. The second-order valence-electron chi connectivity index (χ2n) is 6.07. The second-order valence-corrected chi connectivity index (χ2v) is 6.07. The molecule has 2 unspecified atom stereocenters. The van der Waals surface area contributed by atoms with Crippen LogP contribution >= 0.6 is 0 Å². The molecule has 1 saturated carbocycles. The zero-order chi connectivity index (χ0) is 13.1. The van der Waals surface area contributed by atoms with Gasteiger partial charge in [0.1, 0.15) is 5.82 Å². The third kappa shape index (κ3) is 3.55. The van der Waals surface area contributed by atoms with Crippen molar-refractivity contribution in [2.45, 2.75) is 52.6 Å². The summed E-state index contributed by atoms with van der Waals surface area (Å²) in [6.07, 6.45) is 3.89. The van der Waals surface area contributed by atoms with E-state index in [-0.39, 0.29) is 5.82 Å². The van der Waals surface area contributed by atoms with Gasteiger partial charge < -0.3 is 5.32 Å². The number of hydrogen-bond donors (Lipinski definition) is 1. The van der Waals surface area contributed by atoms with Crippen molar-refractivity contribution in [2.24, 2.45) is 11.8 Å². The summed E-state index contributed by atoms with van der Waals surface area (Å²) in [4.78, 5) is 0. The number of halogens is 1. The summed E-state index contributed by atoms with van der Waals surface area (Å²) < 4.78 is 13.0. The van der Waals surface area contributed by atoms with Crippen LogP contribution in [0.2, 0.25) is 0 Å². The quantitative estimate of drug-likeness (QED) is 0.852. The molecule has 2 atom stereocenters. The molecule has 1 aromatic rings. The normalized spacial score (nSPS) is 28.3. The van der Waals surface area contributed by atoms with E-state index in [1.807, 2.05) is 13.0 Å². The predicted octanol–water partition coefficient (Wildman–Crippen LogP) is 4.05. The molecule has 18 heavy (non-hydrogen) atoms. The van der Waals surface area contributed by atoms with Gasteiger partial charge in [0.15, 0.2) is 0 Å². The highest BCUT2D eigenvalue weighted by Crippen LogP contribution is 2.28. The summed E-state index contributed by atoms with van der Waals surface area (Å²) >= 11 is 0. The molecule has 2 heteroatoms. The molecule has 1 nitrogen and oxygen atoms in total.